The number of methoxy groups -OCH3 is 2. The third-order valence-corrected chi connectivity index (χ3v) is 4.70. The lowest BCUT2D eigenvalue weighted by molar-refractivity contribution is -0.136. The zero-order valence-electron chi connectivity index (χ0n) is 16.6. The van der Waals surface area contributed by atoms with Crippen LogP contribution in [0.4, 0.5) is 18.9 Å². The molecular weight excluding hydrogens is 433 g/mol. The van der Waals surface area contributed by atoms with E-state index >= 15 is 0 Å². The van der Waals surface area contributed by atoms with Gasteiger partial charge in [-0.3, -0.25) is 0 Å². The number of thiocarbonyl (C=S) groups is 1. The highest BCUT2D eigenvalue weighted by Gasteiger charge is 2.33. The van der Waals surface area contributed by atoms with Gasteiger partial charge in [-0.15, -0.1) is 0 Å². The Balaban J connectivity index is 1.67. The molecule has 1 heterocycles. The highest BCUT2D eigenvalue weighted by Crippen LogP contribution is 2.34. The number of rotatable bonds is 6. The van der Waals surface area contributed by atoms with Gasteiger partial charge in [0.2, 0.25) is 0 Å². The van der Waals surface area contributed by atoms with Gasteiger partial charge in [-0.25, -0.2) is 4.79 Å². The molecule has 0 saturated heterocycles. The summed E-state index contributed by atoms with van der Waals surface area (Å²) in [6.07, 6.45) is -4.06. The van der Waals surface area contributed by atoms with Crippen LogP contribution in [0.2, 0.25) is 0 Å². The Morgan fingerprint density at radius 2 is 1.81 bits per heavy atom. The first-order chi connectivity index (χ1) is 14.7. The first kappa shape index (κ1) is 22.4. The number of alkyl halides is 3. The van der Waals surface area contributed by atoms with Crippen molar-refractivity contribution in [3.63, 3.8) is 0 Å². The summed E-state index contributed by atoms with van der Waals surface area (Å²) in [5, 5.41) is 5.85. The zero-order chi connectivity index (χ0) is 22.6. The topological polar surface area (TPSA) is 72.7 Å². The molecule has 0 atom stereocenters. The number of benzene rings is 2. The summed E-state index contributed by atoms with van der Waals surface area (Å²) >= 11 is 5.23. The van der Waals surface area contributed by atoms with E-state index in [-0.39, 0.29) is 16.1 Å². The highest BCUT2D eigenvalue weighted by molar-refractivity contribution is 7.80. The molecular formula is C21H19F3N2O4S. The van der Waals surface area contributed by atoms with Crippen molar-refractivity contribution in [3.05, 3.63) is 64.0 Å². The molecule has 0 spiro atoms. The Bertz CT molecular complexity index is 1160. The van der Waals surface area contributed by atoms with Crippen molar-refractivity contribution in [1.29, 1.82) is 0 Å². The van der Waals surface area contributed by atoms with E-state index < -0.39 is 17.4 Å². The summed E-state index contributed by atoms with van der Waals surface area (Å²) in [6, 6.07) is 10.0. The number of ether oxygens (including phenoxy) is 2. The van der Waals surface area contributed by atoms with E-state index in [1.807, 2.05) is 12.1 Å². The molecule has 3 rings (SSSR count). The second-order valence-corrected chi connectivity index (χ2v) is 6.92. The monoisotopic (exact) mass is 452 g/mol. The smallest absolute Gasteiger partial charge is 0.417 e. The van der Waals surface area contributed by atoms with Crippen molar-refractivity contribution >= 4 is 34.0 Å². The van der Waals surface area contributed by atoms with E-state index in [9.17, 15) is 18.0 Å². The minimum absolute atomic E-state index is 0.155. The zero-order valence-corrected chi connectivity index (χ0v) is 17.4. The van der Waals surface area contributed by atoms with Crippen LogP contribution in [0.25, 0.3) is 11.0 Å². The second-order valence-electron chi connectivity index (χ2n) is 6.51. The summed E-state index contributed by atoms with van der Waals surface area (Å²) in [7, 11) is 3.11. The van der Waals surface area contributed by atoms with Crippen LogP contribution in [0.1, 0.15) is 11.1 Å². The first-order valence-corrected chi connectivity index (χ1v) is 9.53. The summed E-state index contributed by atoms with van der Waals surface area (Å²) in [5.41, 5.74) is -0.959. The maximum Gasteiger partial charge on any atom is 0.417 e. The van der Waals surface area contributed by atoms with Crippen molar-refractivity contribution in [2.45, 2.75) is 12.6 Å². The van der Waals surface area contributed by atoms with Crippen LogP contribution < -0.4 is 25.7 Å². The van der Waals surface area contributed by atoms with E-state index in [1.54, 1.807) is 20.3 Å². The van der Waals surface area contributed by atoms with Crippen LogP contribution in [0.5, 0.6) is 11.5 Å². The Morgan fingerprint density at radius 1 is 1.06 bits per heavy atom. The van der Waals surface area contributed by atoms with Crippen LogP contribution in [0.3, 0.4) is 0 Å². The van der Waals surface area contributed by atoms with Gasteiger partial charge in [0.25, 0.3) is 0 Å². The van der Waals surface area contributed by atoms with Gasteiger partial charge in [0.15, 0.2) is 16.6 Å². The van der Waals surface area contributed by atoms with Gasteiger partial charge in [0.1, 0.15) is 5.58 Å². The van der Waals surface area contributed by atoms with Gasteiger partial charge >= 0.3 is 11.8 Å². The van der Waals surface area contributed by atoms with E-state index in [1.165, 1.54) is 18.2 Å². The number of hydrogen-bond acceptors (Lipinski definition) is 5. The van der Waals surface area contributed by atoms with Crippen molar-refractivity contribution in [2.75, 3.05) is 26.1 Å². The van der Waals surface area contributed by atoms with Crippen LogP contribution in [-0.2, 0) is 12.6 Å². The lowest BCUT2D eigenvalue weighted by Gasteiger charge is -2.13. The molecule has 6 nitrogen and oxygen atoms in total. The lowest BCUT2D eigenvalue weighted by atomic mass is 10.1. The molecule has 1 aromatic heterocycles. The number of nitrogens with one attached hydrogen (secondary N) is 2. The fourth-order valence-corrected chi connectivity index (χ4v) is 3.23. The molecule has 31 heavy (non-hydrogen) atoms. The van der Waals surface area contributed by atoms with Crippen molar-refractivity contribution in [3.8, 4) is 11.5 Å². The maximum absolute atomic E-state index is 13.3. The van der Waals surface area contributed by atoms with Crippen molar-refractivity contribution in [2.24, 2.45) is 0 Å². The third-order valence-electron chi connectivity index (χ3n) is 4.45. The SMILES string of the molecule is COc1ccc(CCNC(=S)Nc2ccc3oc(=O)cc(C(F)(F)F)c3c2)cc1OC. The minimum Gasteiger partial charge on any atom is -0.493 e. The molecule has 3 aromatic rings. The average Bonchev–Trinajstić information content (AvgIpc) is 2.72. The van der Waals surface area contributed by atoms with Gasteiger partial charge in [-0.1, -0.05) is 6.07 Å². The van der Waals surface area contributed by atoms with Crippen LogP contribution in [-0.4, -0.2) is 25.9 Å². The fraction of sp³-hybridized carbons (Fsp3) is 0.238. The van der Waals surface area contributed by atoms with Crippen molar-refractivity contribution in [1.82, 2.24) is 5.32 Å². The van der Waals surface area contributed by atoms with Gasteiger partial charge in [-0.05, 0) is 54.5 Å². The molecule has 2 aromatic carbocycles. The molecule has 0 aliphatic rings. The molecule has 0 radical (unpaired) electrons. The van der Waals surface area contributed by atoms with E-state index in [2.05, 4.69) is 10.6 Å². The number of fused-ring (bicyclic) bond motifs is 1. The minimum atomic E-state index is -4.69. The molecule has 0 aliphatic carbocycles. The highest BCUT2D eigenvalue weighted by atomic mass is 32.1. The van der Waals surface area contributed by atoms with Gasteiger partial charge in [-0.2, -0.15) is 13.2 Å². The molecule has 2 N–H and O–H groups in total. The number of hydrogen-bond donors (Lipinski definition) is 2. The maximum atomic E-state index is 13.3. The predicted octanol–water partition coefficient (Wildman–Crippen LogP) is 4.36. The summed E-state index contributed by atoms with van der Waals surface area (Å²) < 4.78 is 55.1. The number of halogens is 3. The largest absolute Gasteiger partial charge is 0.493 e. The Hall–Kier alpha value is -3.27. The van der Waals surface area contributed by atoms with E-state index in [4.69, 9.17) is 26.1 Å². The van der Waals surface area contributed by atoms with Gasteiger partial charge < -0.3 is 24.5 Å². The molecule has 164 valence electrons. The van der Waals surface area contributed by atoms with Crippen molar-refractivity contribution < 1.29 is 27.1 Å². The van der Waals surface area contributed by atoms with Crippen LogP contribution in [0.15, 0.2) is 51.7 Å². The standard InChI is InChI=1S/C21H19F3N2O4S/c1-28-17-5-3-12(9-18(17)29-2)7-8-25-20(31)26-13-4-6-16-14(10-13)15(21(22,23)24)11-19(27)30-16/h3-6,9-11H,7-8H2,1-2H3,(H2,25,26,31). The quantitative estimate of drug-likeness (QED) is 0.425. The molecule has 10 heteroatoms. The van der Waals surface area contributed by atoms with Gasteiger partial charge in [0, 0.05) is 23.7 Å². The normalized spacial score (nSPS) is 11.3. The Labute approximate surface area is 181 Å². The summed E-state index contributed by atoms with van der Waals surface area (Å²) in [5.74, 6) is 1.24. The second kappa shape index (κ2) is 9.25. The van der Waals surface area contributed by atoms with Gasteiger partial charge in [0.05, 0.1) is 19.8 Å². The summed E-state index contributed by atoms with van der Waals surface area (Å²) in [6.45, 7) is 0.484. The molecule has 0 amide bonds. The Morgan fingerprint density at radius 3 is 2.48 bits per heavy atom. The third kappa shape index (κ3) is 5.46. The van der Waals surface area contributed by atoms with Crippen LogP contribution >= 0.6 is 12.2 Å². The first-order valence-electron chi connectivity index (χ1n) is 9.12. The van der Waals surface area contributed by atoms with E-state index in [0.29, 0.717) is 36.2 Å². The van der Waals surface area contributed by atoms with E-state index in [0.717, 1.165) is 5.56 Å². The number of anilines is 1. The predicted molar refractivity (Wildman–Crippen MR) is 115 cm³/mol. The Kier molecular flexibility index (Phi) is 6.69. The molecule has 0 fully saturated rings. The van der Waals surface area contributed by atoms with Crippen LogP contribution in [0, 0.1) is 0 Å². The summed E-state index contributed by atoms with van der Waals surface area (Å²) in [4.78, 5) is 11.4. The fourth-order valence-electron chi connectivity index (χ4n) is 3.01. The molecule has 0 saturated carbocycles. The molecule has 0 unspecified atom stereocenters. The average molecular weight is 452 g/mol. The molecule has 0 aliphatic heterocycles. The molecule has 0 bridgehead atoms. The lowest BCUT2D eigenvalue weighted by Crippen LogP contribution is -2.30.